The summed E-state index contributed by atoms with van der Waals surface area (Å²) in [6.45, 7) is 2.73. The number of carboxylic acid groups (broad SMARTS) is 1. The molecule has 2 unspecified atom stereocenters. The molecule has 104 valence electrons. The van der Waals surface area contributed by atoms with Crippen LogP contribution in [0.3, 0.4) is 0 Å². The Kier molecular flexibility index (Phi) is 5.36. The van der Waals surface area contributed by atoms with E-state index in [9.17, 15) is 9.59 Å². The third-order valence-corrected chi connectivity index (χ3v) is 3.28. The minimum atomic E-state index is -1.56. The Morgan fingerprint density at radius 2 is 2.17 bits per heavy atom. The molecule has 0 radical (unpaired) electrons. The molecule has 1 fully saturated rings. The van der Waals surface area contributed by atoms with E-state index in [1.807, 2.05) is 7.05 Å². The normalized spacial score (nSPS) is 26.4. The average molecular weight is 259 g/mol. The number of aliphatic hydroxyl groups is 1. The van der Waals surface area contributed by atoms with E-state index in [1.54, 1.807) is 0 Å². The van der Waals surface area contributed by atoms with Crippen LogP contribution in [0.25, 0.3) is 0 Å². The van der Waals surface area contributed by atoms with Crippen LogP contribution in [0.4, 0.5) is 4.79 Å². The molecule has 1 rings (SSSR count). The second kappa shape index (κ2) is 6.55. The van der Waals surface area contributed by atoms with Crippen LogP contribution in [-0.4, -0.2) is 65.4 Å². The zero-order valence-electron chi connectivity index (χ0n) is 10.7. The van der Waals surface area contributed by atoms with Crippen LogP contribution in [-0.2, 0) is 4.79 Å². The van der Waals surface area contributed by atoms with Gasteiger partial charge in [-0.1, -0.05) is 0 Å². The predicted octanol–water partition coefficient (Wildman–Crippen LogP) is -0.786. The van der Waals surface area contributed by atoms with Gasteiger partial charge in [-0.2, -0.15) is 0 Å². The number of hydrogen-bond acceptors (Lipinski definition) is 4. The first-order chi connectivity index (χ1) is 8.40. The number of aliphatic carboxylic acids is 1. The largest absolute Gasteiger partial charge is 0.479 e. The van der Waals surface area contributed by atoms with Gasteiger partial charge in [0, 0.05) is 18.6 Å². The maximum absolute atomic E-state index is 11.5. The Morgan fingerprint density at radius 3 is 2.72 bits per heavy atom. The van der Waals surface area contributed by atoms with Crippen LogP contribution < -0.4 is 10.6 Å². The Morgan fingerprint density at radius 1 is 1.50 bits per heavy atom. The molecule has 3 atom stereocenters. The van der Waals surface area contributed by atoms with Crippen molar-refractivity contribution in [3.8, 4) is 0 Å². The minimum Gasteiger partial charge on any atom is -0.479 e. The second-order valence-corrected chi connectivity index (χ2v) is 4.76. The number of amides is 2. The van der Waals surface area contributed by atoms with Crippen molar-refractivity contribution in [1.82, 2.24) is 15.5 Å². The maximum atomic E-state index is 11.5. The monoisotopic (exact) mass is 259 g/mol. The van der Waals surface area contributed by atoms with E-state index in [1.165, 1.54) is 0 Å². The van der Waals surface area contributed by atoms with Crippen molar-refractivity contribution in [3.05, 3.63) is 0 Å². The Balaban J connectivity index is 2.26. The van der Waals surface area contributed by atoms with E-state index >= 15 is 0 Å². The first-order valence-corrected chi connectivity index (χ1v) is 6.05. The van der Waals surface area contributed by atoms with Gasteiger partial charge in [0.15, 0.2) is 6.10 Å². The van der Waals surface area contributed by atoms with E-state index in [0.717, 1.165) is 19.4 Å². The molecule has 2 amide bonds. The third-order valence-electron chi connectivity index (χ3n) is 3.28. The number of piperidine rings is 1. The van der Waals surface area contributed by atoms with Gasteiger partial charge in [-0.25, -0.2) is 9.59 Å². The molecule has 7 nitrogen and oxygen atoms in total. The van der Waals surface area contributed by atoms with Gasteiger partial charge < -0.3 is 25.7 Å². The lowest BCUT2D eigenvalue weighted by molar-refractivity contribution is -0.146. The van der Waals surface area contributed by atoms with E-state index in [0.29, 0.717) is 6.04 Å². The molecule has 1 aliphatic rings. The highest BCUT2D eigenvalue weighted by molar-refractivity contribution is 5.76. The number of hydrogen-bond donors (Lipinski definition) is 4. The van der Waals surface area contributed by atoms with Gasteiger partial charge in [0.2, 0.25) is 0 Å². The molecule has 1 heterocycles. The summed E-state index contributed by atoms with van der Waals surface area (Å²) < 4.78 is 0. The first kappa shape index (κ1) is 14.7. The maximum Gasteiger partial charge on any atom is 0.334 e. The molecule has 0 saturated carbocycles. The van der Waals surface area contributed by atoms with Crippen LogP contribution in [0, 0.1) is 0 Å². The number of likely N-dealkylation sites (tertiary alicyclic amines) is 1. The lowest BCUT2D eigenvalue weighted by atomic mass is 9.99. The summed E-state index contributed by atoms with van der Waals surface area (Å²) in [6, 6.07) is 0.0730. The quantitative estimate of drug-likeness (QED) is 0.530. The number of carbonyl (C=O) groups excluding carboxylic acids is 1. The third kappa shape index (κ3) is 4.50. The molecule has 4 N–H and O–H groups in total. The van der Waals surface area contributed by atoms with Crippen LogP contribution in [0.5, 0.6) is 0 Å². The molecule has 1 aliphatic heterocycles. The minimum absolute atomic E-state index is 0.0955. The number of urea groups is 1. The van der Waals surface area contributed by atoms with Gasteiger partial charge in [0.25, 0.3) is 0 Å². The summed E-state index contributed by atoms with van der Waals surface area (Å²) in [7, 11) is 2.05. The van der Waals surface area contributed by atoms with Crippen molar-refractivity contribution in [1.29, 1.82) is 0 Å². The smallest absolute Gasteiger partial charge is 0.334 e. The first-order valence-electron chi connectivity index (χ1n) is 6.05. The molecule has 0 bridgehead atoms. The SMILES string of the molecule is CC1CC(NC(=O)NC[C@H](O)C(=O)O)CCN1C. The van der Waals surface area contributed by atoms with Crippen molar-refractivity contribution in [2.24, 2.45) is 0 Å². The second-order valence-electron chi connectivity index (χ2n) is 4.76. The molecule has 0 spiro atoms. The van der Waals surface area contributed by atoms with E-state index < -0.39 is 18.1 Å². The topological polar surface area (TPSA) is 102 Å². The Bertz CT molecular complexity index is 311. The standard InChI is InChI=1S/C11H21N3O4/c1-7-5-8(3-4-14(7)2)13-11(18)12-6-9(15)10(16)17/h7-9,15H,3-6H2,1-2H3,(H,16,17)(H2,12,13,18)/t7?,8?,9-/m0/s1. The summed E-state index contributed by atoms with van der Waals surface area (Å²) >= 11 is 0. The van der Waals surface area contributed by atoms with Gasteiger partial charge in [0.05, 0.1) is 6.54 Å². The van der Waals surface area contributed by atoms with Crippen LogP contribution in [0.1, 0.15) is 19.8 Å². The van der Waals surface area contributed by atoms with Crippen molar-refractivity contribution >= 4 is 12.0 Å². The molecular formula is C11H21N3O4. The fourth-order valence-electron chi connectivity index (χ4n) is 1.93. The highest BCUT2D eigenvalue weighted by Gasteiger charge is 2.24. The summed E-state index contributed by atoms with van der Waals surface area (Å²) in [5.41, 5.74) is 0. The summed E-state index contributed by atoms with van der Waals surface area (Å²) in [5.74, 6) is -1.34. The van der Waals surface area contributed by atoms with Crippen molar-refractivity contribution in [2.75, 3.05) is 20.1 Å². The molecule has 0 aromatic carbocycles. The number of carbonyl (C=O) groups is 2. The van der Waals surface area contributed by atoms with E-state index in [4.69, 9.17) is 10.2 Å². The summed E-state index contributed by atoms with van der Waals surface area (Å²) in [5, 5.41) is 22.6. The van der Waals surface area contributed by atoms with Crippen LogP contribution in [0.2, 0.25) is 0 Å². The zero-order chi connectivity index (χ0) is 13.7. The van der Waals surface area contributed by atoms with E-state index in [2.05, 4.69) is 22.5 Å². The average Bonchev–Trinajstić information content (AvgIpc) is 2.30. The van der Waals surface area contributed by atoms with Gasteiger partial charge in [-0.15, -0.1) is 0 Å². The number of rotatable bonds is 4. The van der Waals surface area contributed by atoms with Crippen LogP contribution in [0.15, 0.2) is 0 Å². The predicted molar refractivity (Wildman–Crippen MR) is 65.3 cm³/mol. The molecule has 1 saturated heterocycles. The Hall–Kier alpha value is -1.34. The van der Waals surface area contributed by atoms with Crippen LogP contribution >= 0.6 is 0 Å². The van der Waals surface area contributed by atoms with Crippen molar-refractivity contribution in [3.63, 3.8) is 0 Å². The van der Waals surface area contributed by atoms with Gasteiger partial charge in [0.1, 0.15) is 0 Å². The molecular weight excluding hydrogens is 238 g/mol. The lowest BCUT2D eigenvalue weighted by Crippen LogP contribution is -2.51. The summed E-state index contributed by atoms with van der Waals surface area (Å²) in [4.78, 5) is 24.1. The van der Waals surface area contributed by atoms with E-state index in [-0.39, 0.29) is 12.6 Å². The molecule has 0 aliphatic carbocycles. The van der Waals surface area contributed by atoms with Crippen molar-refractivity contribution in [2.45, 2.75) is 38.0 Å². The van der Waals surface area contributed by atoms with Gasteiger partial charge in [-0.3, -0.25) is 0 Å². The molecule has 0 aromatic rings. The highest BCUT2D eigenvalue weighted by atomic mass is 16.4. The number of nitrogens with one attached hydrogen (secondary N) is 2. The molecule has 0 aromatic heterocycles. The van der Waals surface area contributed by atoms with Gasteiger partial charge >= 0.3 is 12.0 Å². The number of nitrogens with zero attached hydrogens (tertiary/aromatic N) is 1. The fraction of sp³-hybridized carbons (Fsp3) is 0.818. The van der Waals surface area contributed by atoms with Crippen molar-refractivity contribution < 1.29 is 19.8 Å². The Labute approximate surface area is 106 Å². The fourth-order valence-corrected chi connectivity index (χ4v) is 1.93. The summed E-state index contributed by atoms with van der Waals surface area (Å²) in [6.07, 6.45) is 0.174. The number of carboxylic acids is 1. The highest BCUT2D eigenvalue weighted by Crippen LogP contribution is 2.14. The van der Waals surface area contributed by atoms with Gasteiger partial charge in [-0.05, 0) is 26.8 Å². The zero-order valence-corrected chi connectivity index (χ0v) is 10.7. The lowest BCUT2D eigenvalue weighted by Gasteiger charge is -2.35. The number of aliphatic hydroxyl groups excluding tert-OH is 1. The molecule has 7 heteroatoms. The molecule has 18 heavy (non-hydrogen) atoms.